The van der Waals surface area contributed by atoms with E-state index in [1.807, 2.05) is 29.2 Å². The largest absolute Gasteiger partial charge is 0.467 e. The molecule has 4 aromatic rings. The Balaban J connectivity index is 1.14. The first-order valence-electron chi connectivity index (χ1n) is 10.1. The summed E-state index contributed by atoms with van der Waals surface area (Å²) >= 11 is 4.65. The van der Waals surface area contributed by atoms with Crippen molar-refractivity contribution in [3.8, 4) is 0 Å². The Hall–Kier alpha value is -2.43. The Morgan fingerprint density at radius 3 is 3.03 bits per heavy atom. The number of nitrogens with zero attached hydrogens (tertiary/aromatic N) is 4. The summed E-state index contributed by atoms with van der Waals surface area (Å²) in [6, 6.07) is 12.0. The molecule has 10 heteroatoms. The van der Waals surface area contributed by atoms with Gasteiger partial charge in [-0.05, 0) is 37.1 Å². The number of furan rings is 1. The van der Waals surface area contributed by atoms with Crippen LogP contribution in [0.5, 0.6) is 0 Å². The normalized spacial score (nSPS) is 16.6. The standard InChI is InChI=1S/C21H21N5O2S3/c27-18(13-29-21-25-24-20(31-21)22-11-15-6-4-10-28-15)26-9-3-5-14(12-26)19-23-16-7-1-2-8-17(16)30-19/h1-2,4,6-8,10,14H,3,5,9,11-13H2,(H,22,24)/t14-/m0/s1. The number of rotatable bonds is 7. The van der Waals surface area contributed by atoms with Crippen LogP contribution in [0.1, 0.15) is 29.5 Å². The lowest BCUT2D eigenvalue weighted by molar-refractivity contribution is -0.129. The van der Waals surface area contributed by atoms with Gasteiger partial charge in [0.05, 0.1) is 33.8 Å². The molecule has 0 unspecified atom stereocenters. The quantitative estimate of drug-likeness (QED) is 0.386. The molecule has 1 aliphatic heterocycles. The molecule has 1 fully saturated rings. The number of para-hydroxylation sites is 1. The van der Waals surface area contributed by atoms with Crippen LogP contribution in [0.15, 0.2) is 51.4 Å². The molecule has 0 radical (unpaired) electrons. The van der Waals surface area contributed by atoms with Gasteiger partial charge in [0.2, 0.25) is 11.0 Å². The monoisotopic (exact) mass is 471 g/mol. The first kappa shape index (κ1) is 20.5. The molecule has 1 aromatic carbocycles. The second-order valence-corrected chi connectivity index (χ2v) is 10.6. The summed E-state index contributed by atoms with van der Waals surface area (Å²) in [4.78, 5) is 19.6. The fraction of sp³-hybridized carbons (Fsp3) is 0.333. The Kier molecular flexibility index (Phi) is 6.19. The van der Waals surface area contributed by atoms with E-state index in [9.17, 15) is 4.79 Å². The van der Waals surface area contributed by atoms with E-state index in [1.54, 1.807) is 17.6 Å². The fourth-order valence-corrected chi connectivity index (χ4v) is 6.34. The SMILES string of the molecule is O=C(CSc1nnc(NCc2ccco2)s1)N1CCC[C@H](c2nc3ccccc3s2)C1. The molecule has 5 rings (SSSR count). The van der Waals surface area contributed by atoms with Gasteiger partial charge >= 0.3 is 0 Å². The molecule has 160 valence electrons. The summed E-state index contributed by atoms with van der Waals surface area (Å²) in [6.07, 6.45) is 3.74. The molecule has 1 saturated heterocycles. The van der Waals surface area contributed by atoms with Crippen molar-refractivity contribution in [1.29, 1.82) is 0 Å². The number of anilines is 1. The van der Waals surface area contributed by atoms with Gasteiger partial charge in [-0.2, -0.15) is 0 Å². The van der Waals surface area contributed by atoms with Crippen LogP contribution >= 0.6 is 34.4 Å². The minimum absolute atomic E-state index is 0.149. The van der Waals surface area contributed by atoms with E-state index in [-0.39, 0.29) is 5.91 Å². The minimum Gasteiger partial charge on any atom is -0.467 e. The molecule has 7 nitrogen and oxygen atoms in total. The van der Waals surface area contributed by atoms with E-state index in [0.29, 0.717) is 18.2 Å². The molecule has 1 N–H and O–H groups in total. The van der Waals surface area contributed by atoms with Crippen LogP contribution in [0.2, 0.25) is 0 Å². The lowest BCUT2D eigenvalue weighted by Crippen LogP contribution is -2.40. The predicted molar refractivity (Wildman–Crippen MR) is 125 cm³/mol. The Labute approximate surface area is 191 Å². The van der Waals surface area contributed by atoms with Gasteiger partial charge in [0.25, 0.3) is 0 Å². The smallest absolute Gasteiger partial charge is 0.233 e. The minimum atomic E-state index is 0.149. The first-order valence-corrected chi connectivity index (χ1v) is 12.7. The summed E-state index contributed by atoms with van der Waals surface area (Å²) in [5.74, 6) is 1.68. The predicted octanol–water partition coefficient (Wildman–Crippen LogP) is 4.85. The Morgan fingerprint density at radius 2 is 2.16 bits per heavy atom. The van der Waals surface area contributed by atoms with Crippen LogP contribution in [0.25, 0.3) is 10.2 Å². The second-order valence-electron chi connectivity index (χ2n) is 7.29. The number of thioether (sulfide) groups is 1. The van der Waals surface area contributed by atoms with Crippen LogP contribution in [0.3, 0.4) is 0 Å². The molecule has 31 heavy (non-hydrogen) atoms. The van der Waals surface area contributed by atoms with Gasteiger partial charge in [-0.1, -0.05) is 35.2 Å². The third-order valence-electron chi connectivity index (χ3n) is 5.15. The van der Waals surface area contributed by atoms with E-state index in [4.69, 9.17) is 9.40 Å². The lowest BCUT2D eigenvalue weighted by atomic mass is 9.99. The molecule has 1 atom stereocenters. The highest BCUT2D eigenvalue weighted by molar-refractivity contribution is 8.01. The Bertz CT molecular complexity index is 1120. The number of benzene rings is 1. The third-order valence-corrected chi connectivity index (χ3v) is 8.35. The molecule has 0 saturated carbocycles. The molecular weight excluding hydrogens is 450 g/mol. The molecule has 0 bridgehead atoms. The number of piperidine rings is 1. The topological polar surface area (TPSA) is 84.2 Å². The van der Waals surface area contributed by atoms with Crippen LogP contribution in [0.4, 0.5) is 5.13 Å². The molecule has 4 heterocycles. The maximum atomic E-state index is 12.8. The van der Waals surface area contributed by atoms with Crippen molar-refractivity contribution >= 4 is 55.7 Å². The van der Waals surface area contributed by atoms with Crippen molar-refractivity contribution in [3.63, 3.8) is 0 Å². The van der Waals surface area contributed by atoms with Crippen molar-refractivity contribution in [2.24, 2.45) is 0 Å². The maximum Gasteiger partial charge on any atom is 0.233 e. The summed E-state index contributed by atoms with van der Waals surface area (Å²) in [5, 5.41) is 13.4. The van der Waals surface area contributed by atoms with Gasteiger partial charge in [-0.3, -0.25) is 4.79 Å². The van der Waals surface area contributed by atoms with Crippen molar-refractivity contribution in [3.05, 3.63) is 53.4 Å². The fourth-order valence-electron chi connectivity index (χ4n) is 3.60. The van der Waals surface area contributed by atoms with Gasteiger partial charge in [-0.15, -0.1) is 21.5 Å². The van der Waals surface area contributed by atoms with Crippen LogP contribution < -0.4 is 5.32 Å². The highest BCUT2D eigenvalue weighted by Crippen LogP contribution is 2.33. The molecule has 0 spiro atoms. The summed E-state index contributed by atoms with van der Waals surface area (Å²) < 4.78 is 7.30. The van der Waals surface area contributed by atoms with Gasteiger partial charge in [0.1, 0.15) is 5.76 Å². The average Bonchev–Trinajstić information content (AvgIpc) is 3.56. The number of likely N-dealkylation sites (tertiary alicyclic amines) is 1. The molecule has 1 amide bonds. The number of hydrogen-bond donors (Lipinski definition) is 1. The third kappa shape index (κ3) is 4.91. The molecule has 0 aliphatic carbocycles. The van der Waals surface area contributed by atoms with Crippen molar-refractivity contribution in [2.75, 3.05) is 24.2 Å². The number of carbonyl (C=O) groups is 1. The lowest BCUT2D eigenvalue weighted by Gasteiger charge is -2.31. The van der Waals surface area contributed by atoms with Gasteiger partial charge in [-0.25, -0.2) is 4.98 Å². The molecule has 3 aromatic heterocycles. The maximum absolute atomic E-state index is 12.8. The zero-order chi connectivity index (χ0) is 21.0. The van der Waals surface area contributed by atoms with Gasteiger partial charge in [0, 0.05) is 19.0 Å². The number of carbonyl (C=O) groups excluding carboxylic acids is 1. The second kappa shape index (κ2) is 9.37. The van der Waals surface area contributed by atoms with Crippen LogP contribution in [0, 0.1) is 0 Å². The van der Waals surface area contributed by atoms with Gasteiger partial charge < -0.3 is 14.6 Å². The zero-order valence-corrected chi connectivity index (χ0v) is 19.1. The number of fused-ring (bicyclic) bond motifs is 1. The van der Waals surface area contributed by atoms with E-state index in [1.165, 1.54) is 27.8 Å². The molecular formula is C21H21N5O2S3. The van der Waals surface area contributed by atoms with E-state index in [2.05, 4.69) is 27.6 Å². The number of thiazole rings is 1. The summed E-state index contributed by atoms with van der Waals surface area (Å²) in [6.45, 7) is 2.12. The number of amides is 1. The summed E-state index contributed by atoms with van der Waals surface area (Å²) in [5.41, 5.74) is 1.05. The molecule has 1 aliphatic rings. The highest BCUT2D eigenvalue weighted by Gasteiger charge is 2.27. The van der Waals surface area contributed by atoms with Crippen LogP contribution in [-0.2, 0) is 11.3 Å². The zero-order valence-electron chi connectivity index (χ0n) is 16.7. The van der Waals surface area contributed by atoms with Crippen molar-refractivity contribution in [1.82, 2.24) is 20.1 Å². The van der Waals surface area contributed by atoms with E-state index >= 15 is 0 Å². The number of hydrogen-bond acceptors (Lipinski definition) is 9. The average molecular weight is 472 g/mol. The van der Waals surface area contributed by atoms with E-state index in [0.717, 1.165) is 51.7 Å². The first-order chi connectivity index (χ1) is 15.2. The van der Waals surface area contributed by atoms with Crippen molar-refractivity contribution in [2.45, 2.75) is 29.6 Å². The van der Waals surface area contributed by atoms with Crippen molar-refractivity contribution < 1.29 is 9.21 Å². The number of aromatic nitrogens is 3. The highest BCUT2D eigenvalue weighted by atomic mass is 32.2. The Morgan fingerprint density at radius 1 is 1.23 bits per heavy atom. The van der Waals surface area contributed by atoms with Crippen LogP contribution in [-0.4, -0.2) is 44.8 Å². The number of nitrogens with one attached hydrogen (secondary N) is 1. The summed E-state index contributed by atoms with van der Waals surface area (Å²) in [7, 11) is 0. The van der Waals surface area contributed by atoms with Gasteiger partial charge in [0.15, 0.2) is 4.34 Å². The van der Waals surface area contributed by atoms with E-state index < -0.39 is 0 Å².